The molecule has 18 heavy (non-hydrogen) atoms. The Morgan fingerprint density at radius 1 is 1.39 bits per heavy atom. The smallest absolute Gasteiger partial charge is 0.161 e. The van der Waals surface area contributed by atoms with Gasteiger partial charge in [0.25, 0.3) is 0 Å². The summed E-state index contributed by atoms with van der Waals surface area (Å²) in [6, 6.07) is 5.68. The molecule has 0 spiro atoms. The van der Waals surface area contributed by atoms with E-state index in [1.54, 1.807) is 14.2 Å². The highest BCUT2D eigenvalue weighted by atomic mass is 16.6. The van der Waals surface area contributed by atoms with Crippen molar-refractivity contribution in [2.75, 3.05) is 27.4 Å². The molecule has 1 fully saturated rings. The molecular formula is C14H16O4. The van der Waals surface area contributed by atoms with Crippen molar-refractivity contribution in [1.29, 1.82) is 0 Å². The molecule has 1 saturated heterocycles. The zero-order valence-corrected chi connectivity index (χ0v) is 10.5. The maximum Gasteiger partial charge on any atom is 0.161 e. The van der Waals surface area contributed by atoms with E-state index in [9.17, 15) is 0 Å². The molecule has 4 heteroatoms. The normalized spacial score (nSPS) is 18.8. The highest BCUT2D eigenvalue weighted by Crippen LogP contribution is 2.36. The molecule has 0 amide bonds. The minimum absolute atomic E-state index is 0.0800. The van der Waals surface area contributed by atoms with E-state index < -0.39 is 0 Å². The minimum Gasteiger partial charge on any atom is -0.493 e. The lowest BCUT2D eigenvalue weighted by Crippen LogP contribution is -2.11. The summed E-state index contributed by atoms with van der Waals surface area (Å²) in [4.78, 5) is 0. The Kier molecular flexibility index (Phi) is 4.08. The second kappa shape index (κ2) is 5.76. The Hall–Kier alpha value is -1.70. The summed E-state index contributed by atoms with van der Waals surface area (Å²) in [5, 5.41) is 0. The molecule has 2 atom stereocenters. The zero-order valence-electron chi connectivity index (χ0n) is 10.5. The number of terminal acetylenes is 1. The van der Waals surface area contributed by atoms with Crippen molar-refractivity contribution in [3.05, 3.63) is 23.8 Å². The lowest BCUT2D eigenvalue weighted by atomic mass is 10.1. The molecule has 96 valence electrons. The van der Waals surface area contributed by atoms with E-state index in [2.05, 4.69) is 5.92 Å². The average molecular weight is 248 g/mol. The summed E-state index contributed by atoms with van der Waals surface area (Å²) in [5.41, 5.74) is 0.977. The fourth-order valence-corrected chi connectivity index (χ4v) is 1.82. The van der Waals surface area contributed by atoms with Gasteiger partial charge in [-0.15, -0.1) is 6.42 Å². The van der Waals surface area contributed by atoms with Crippen molar-refractivity contribution >= 4 is 0 Å². The van der Waals surface area contributed by atoms with Gasteiger partial charge in [0.1, 0.15) is 18.8 Å². The highest BCUT2D eigenvalue weighted by molar-refractivity contribution is 5.44. The first-order valence-electron chi connectivity index (χ1n) is 5.68. The van der Waals surface area contributed by atoms with Crippen LogP contribution in [0.3, 0.4) is 0 Å². The van der Waals surface area contributed by atoms with Crippen LogP contribution in [-0.2, 0) is 9.47 Å². The summed E-state index contributed by atoms with van der Waals surface area (Å²) in [6.07, 6.45) is 5.14. The van der Waals surface area contributed by atoms with Crippen LogP contribution in [-0.4, -0.2) is 33.5 Å². The van der Waals surface area contributed by atoms with Crippen LogP contribution >= 0.6 is 0 Å². The fraction of sp³-hybridized carbons (Fsp3) is 0.429. The van der Waals surface area contributed by atoms with Gasteiger partial charge in [-0.05, 0) is 17.7 Å². The lowest BCUT2D eigenvalue weighted by Gasteiger charge is -2.16. The number of rotatable bonds is 6. The van der Waals surface area contributed by atoms with Gasteiger partial charge in [-0.3, -0.25) is 0 Å². The van der Waals surface area contributed by atoms with Gasteiger partial charge in [0.2, 0.25) is 0 Å². The Bertz CT molecular complexity index is 446. The van der Waals surface area contributed by atoms with Crippen LogP contribution in [0.1, 0.15) is 11.7 Å². The van der Waals surface area contributed by atoms with Gasteiger partial charge in [-0.25, -0.2) is 0 Å². The molecule has 1 aliphatic rings. The third-order valence-electron chi connectivity index (χ3n) is 2.78. The maximum absolute atomic E-state index is 5.62. The fourth-order valence-electron chi connectivity index (χ4n) is 1.82. The van der Waals surface area contributed by atoms with E-state index in [4.69, 9.17) is 25.4 Å². The van der Waals surface area contributed by atoms with Gasteiger partial charge < -0.3 is 18.9 Å². The van der Waals surface area contributed by atoms with Crippen molar-refractivity contribution in [2.24, 2.45) is 0 Å². The van der Waals surface area contributed by atoms with Gasteiger partial charge in [-0.2, -0.15) is 0 Å². The van der Waals surface area contributed by atoms with Crippen LogP contribution < -0.4 is 9.47 Å². The van der Waals surface area contributed by atoms with E-state index in [1.165, 1.54) is 0 Å². The number of hydrogen-bond acceptors (Lipinski definition) is 4. The summed E-state index contributed by atoms with van der Waals surface area (Å²) in [5.74, 6) is 3.83. The van der Waals surface area contributed by atoms with E-state index in [-0.39, 0.29) is 18.8 Å². The number of hydrogen-bond donors (Lipinski definition) is 0. The molecule has 1 aromatic carbocycles. The highest BCUT2D eigenvalue weighted by Gasteiger charge is 2.35. The Morgan fingerprint density at radius 3 is 2.67 bits per heavy atom. The molecule has 0 bridgehead atoms. The molecular weight excluding hydrogens is 232 g/mol. The average Bonchev–Trinajstić information content (AvgIpc) is 3.23. The van der Waals surface area contributed by atoms with Crippen molar-refractivity contribution < 1.29 is 18.9 Å². The standard InChI is InChI=1S/C14H16O4/c1-4-7-17-14(13-9-18-13)10-5-6-11(15-2)12(8-10)16-3/h1,5-6,8,13-14H,7,9H2,2-3H3/t13?,14-/m1/s1. The first kappa shape index (κ1) is 12.7. The monoisotopic (exact) mass is 248 g/mol. The summed E-state index contributed by atoms with van der Waals surface area (Å²) in [7, 11) is 3.21. The van der Waals surface area contributed by atoms with Crippen molar-refractivity contribution in [3.8, 4) is 23.8 Å². The molecule has 0 saturated carbocycles. The Balaban J connectivity index is 2.21. The van der Waals surface area contributed by atoms with Crippen LogP contribution in [0, 0.1) is 12.3 Å². The molecule has 0 aliphatic carbocycles. The van der Waals surface area contributed by atoms with E-state index >= 15 is 0 Å². The quantitative estimate of drug-likeness (QED) is 0.568. The number of methoxy groups -OCH3 is 2. The van der Waals surface area contributed by atoms with Crippen LogP contribution in [0.5, 0.6) is 11.5 Å². The largest absolute Gasteiger partial charge is 0.493 e. The van der Waals surface area contributed by atoms with Gasteiger partial charge in [0.05, 0.1) is 20.8 Å². The van der Waals surface area contributed by atoms with E-state index in [0.717, 1.165) is 5.56 Å². The molecule has 1 aromatic rings. The first-order valence-corrected chi connectivity index (χ1v) is 5.68. The van der Waals surface area contributed by atoms with E-state index in [0.29, 0.717) is 18.1 Å². The molecule has 4 nitrogen and oxygen atoms in total. The lowest BCUT2D eigenvalue weighted by molar-refractivity contribution is 0.0540. The third-order valence-corrected chi connectivity index (χ3v) is 2.78. The summed E-state index contributed by atoms with van der Waals surface area (Å²) in [6.45, 7) is 0.961. The number of benzene rings is 1. The Labute approximate surface area is 107 Å². The topological polar surface area (TPSA) is 40.2 Å². The SMILES string of the molecule is C#CCO[C@H](c1ccc(OC)c(OC)c1)C1CO1. The second-order valence-corrected chi connectivity index (χ2v) is 3.92. The van der Waals surface area contributed by atoms with Gasteiger partial charge >= 0.3 is 0 Å². The first-order chi connectivity index (χ1) is 8.80. The molecule has 0 aromatic heterocycles. The van der Waals surface area contributed by atoms with Crippen LogP contribution in [0.15, 0.2) is 18.2 Å². The summed E-state index contributed by atoms with van der Waals surface area (Å²) >= 11 is 0. The minimum atomic E-state index is -0.152. The van der Waals surface area contributed by atoms with Crippen molar-refractivity contribution in [3.63, 3.8) is 0 Å². The van der Waals surface area contributed by atoms with Gasteiger partial charge in [-0.1, -0.05) is 12.0 Å². The predicted octanol–water partition coefficient (Wildman–Crippen LogP) is 1.79. The van der Waals surface area contributed by atoms with Crippen molar-refractivity contribution in [2.45, 2.75) is 12.2 Å². The molecule has 1 aliphatic heterocycles. The number of ether oxygens (including phenoxy) is 4. The molecule has 1 unspecified atom stereocenters. The van der Waals surface area contributed by atoms with Gasteiger partial charge in [0, 0.05) is 0 Å². The zero-order chi connectivity index (χ0) is 13.0. The maximum atomic E-state index is 5.62. The molecule has 1 heterocycles. The number of epoxide rings is 1. The molecule has 0 radical (unpaired) electrons. The van der Waals surface area contributed by atoms with Gasteiger partial charge in [0.15, 0.2) is 11.5 Å². The van der Waals surface area contributed by atoms with E-state index in [1.807, 2.05) is 18.2 Å². The predicted molar refractivity (Wildman–Crippen MR) is 66.8 cm³/mol. The van der Waals surface area contributed by atoms with Crippen LogP contribution in [0.4, 0.5) is 0 Å². The molecule has 0 N–H and O–H groups in total. The van der Waals surface area contributed by atoms with Crippen LogP contribution in [0.25, 0.3) is 0 Å². The Morgan fingerprint density at radius 2 is 2.11 bits per heavy atom. The third kappa shape index (κ3) is 2.76. The van der Waals surface area contributed by atoms with Crippen molar-refractivity contribution in [1.82, 2.24) is 0 Å². The summed E-state index contributed by atoms with van der Waals surface area (Å²) < 4.78 is 21.4. The van der Waals surface area contributed by atoms with Crippen LogP contribution in [0.2, 0.25) is 0 Å². The second-order valence-electron chi connectivity index (χ2n) is 3.92. The molecule has 2 rings (SSSR count).